The molecule has 1 aromatic rings. The lowest BCUT2D eigenvalue weighted by molar-refractivity contribution is -0.384. The molecule has 1 saturated carbocycles. The first-order valence-corrected chi connectivity index (χ1v) is 7.95. The maximum atomic E-state index is 11.1. The molecule has 110 valence electrons. The van der Waals surface area contributed by atoms with Gasteiger partial charge in [0.15, 0.2) is 0 Å². The summed E-state index contributed by atoms with van der Waals surface area (Å²) in [5, 5.41) is 17.2. The fraction of sp³-hybridized carbons (Fsp3) is 0.615. The quantitative estimate of drug-likeness (QED) is 0.620. The van der Waals surface area contributed by atoms with Gasteiger partial charge in [0.1, 0.15) is 5.82 Å². The van der Waals surface area contributed by atoms with E-state index in [1.165, 1.54) is 18.9 Å². The Kier molecular flexibility index (Phi) is 4.69. The molecule has 0 bridgehead atoms. The van der Waals surface area contributed by atoms with Gasteiger partial charge in [-0.1, -0.05) is 12.8 Å². The highest BCUT2D eigenvalue weighted by Crippen LogP contribution is 2.40. The first-order chi connectivity index (χ1) is 9.60. The third-order valence-corrected chi connectivity index (χ3v) is 5.27. The Morgan fingerprint density at radius 2 is 2.15 bits per heavy atom. The maximum Gasteiger partial charge on any atom is 0.311 e. The van der Waals surface area contributed by atoms with Crippen LogP contribution in [-0.2, 0) is 0 Å². The number of nitro groups is 1. The van der Waals surface area contributed by atoms with Gasteiger partial charge < -0.3 is 10.6 Å². The lowest BCUT2D eigenvalue weighted by Gasteiger charge is -2.27. The zero-order valence-corrected chi connectivity index (χ0v) is 12.6. The van der Waals surface area contributed by atoms with Crippen molar-refractivity contribution in [3.63, 3.8) is 0 Å². The molecule has 0 atom stereocenters. The molecule has 6 nitrogen and oxygen atoms in total. The van der Waals surface area contributed by atoms with Crippen LogP contribution in [0.2, 0.25) is 0 Å². The van der Waals surface area contributed by atoms with Crippen LogP contribution in [0.1, 0.15) is 25.7 Å². The zero-order chi connectivity index (χ0) is 14.6. The standard InChI is InChI=1S/C13H20N4O2S/c1-14-11-6-5-10(17(18)19)12(16-11)15-9-13(20-2)7-3-4-8-13/h5-6H,3-4,7-9H2,1-2H3,(H2,14,15,16). The van der Waals surface area contributed by atoms with Gasteiger partial charge in [0.25, 0.3) is 0 Å². The van der Waals surface area contributed by atoms with Crippen LogP contribution >= 0.6 is 11.8 Å². The molecule has 1 aromatic heterocycles. The minimum Gasteiger partial charge on any atom is -0.373 e. The molecule has 0 amide bonds. The van der Waals surface area contributed by atoms with Crippen LogP contribution in [0.25, 0.3) is 0 Å². The van der Waals surface area contributed by atoms with E-state index < -0.39 is 4.92 Å². The predicted octanol–water partition coefficient (Wildman–Crippen LogP) is 3.12. The molecule has 2 rings (SSSR count). The Morgan fingerprint density at radius 1 is 1.45 bits per heavy atom. The van der Waals surface area contributed by atoms with Crippen LogP contribution in [0, 0.1) is 10.1 Å². The number of thioether (sulfide) groups is 1. The van der Waals surface area contributed by atoms with E-state index in [0.717, 1.165) is 19.4 Å². The van der Waals surface area contributed by atoms with Crippen LogP contribution in [-0.4, -0.2) is 34.5 Å². The summed E-state index contributed by atoms with van der Waals surface area (Å²) in [5.41, 5.74) is 0.0262. The second kappa shape index (κ2) is 6.30. The molecule has 20 heavy (non-hydrogen) atoms. The van der Waals surface area contributed by atoms with Gasteiger partial charge in [0.05, 0.1) is 4.92 Å². The van der Waals surface area contributed by atoms with Crippen molar-refractivity contribution in [2.75, 3.05) is 30.5 Å². The average molecular weight is 296 g/mol. The van der Waals surface area contributed by atoms with E-state index in [2.05, 4.69) is 21.9 Å². The number of hydrogen-bond acceptors (Lipinski definition) is 6. The van der Waals surface area contributed by atoms with Gasteiger partial charge in [-0.3, -0.25) is 10.1 Å². The molecule has 0 aromatic carbocycles. The van der Waals surface area contributed by atoms with Crippen molar-refractivity contribution in [2.45, 2.75) is 30.4 Å². The summed E-state index contributed by atoms with van der Waals surface area (Å²) >= 11 is 1.85. The average Bonchev–Trinajstić information content (AvgIpc) is 2.94. The molecule has 0 spiro atoms. The van der Waals surface area contributed by atoms with Gasteiger partial charge in [0.2, 0.25) is 5.82 Å². The topological polar surface area (TPSA) is 80.1 Å². The van der Waals surface area contributed by atoms with Gasteiger partial charge in [0, 0.05) is 24.4 Å². The summed E-state index contributed by atoms with van der Waals surface area (Å²) in [6, 6.07) is 3.10. The van der Waals surface area contributed by atoms with Gasteiger partial charge >= 0.3 is 5.69 Å². The summed E-state index contributed by atoms with van der Waals surface area (Å²) in [4.78, 5) is 14.9. The summed E-state index contributed by atoms with van der Waals surface area (Å²) in [6.07, 6.45) is 6.88. The first kappa shape index (κ1) is 14.9. The predicted molar refractivity (Wildman–Crippen MR) is 83.6 cm³/mol. The van der Waals surface area contributed by atoms with E-state index in [0.29, 0.717) is 11.6 Å². The van der Waals surface area contributed by atoms with Crippen molar-refractivity contribution < 1.29 is 4.92 Å². The minimum atomic E-state index is -0.394. The summed E-state index contributed by atoms with van der Waals surface area (Å²) in [7, 11) is 1.75. The Morgan fingerprint density at radius 3 is 2.70 bits per heavy atom. The van der Waals surface area contributed by atoms with E-state index >= 15 is 0 Å². The van der Waals surface area contributed by atoms with Crippen molar-refractivity contribution in [3.8, 4) is 0 Å². The summed E-state index contributed by atoms with van der Waals surface area (Å²) in [5.74, 6) is 0.977. The van der Waals surface area contributed by atoms with E-state index in [1.807, 2.05) is 11.8 Å². The van der Waals surface area contributed by atoms with Crippen LogP contribution in [0.4, 0.5) is 17.3 Å². The van der Waals surface area contributed by atoms with Gasteiger partial charge in [-0.15, -0.1) is 0 Å². The van der Waals surface area contributed by atoms with Gasteiger partial charge in [-0.25, -0.2) is 4.98 Å². The van der Waals surface area contributed by atoms with Crippen LogP contribution in [0.15, 0.2) is 12.1 Å². The normalized spacial score (nSPS) is 16.9. The third-order valence-electron chi connectivity index (χ3n) is 3.85. The van der Waals surface area contributed by atoms with Crippen molar-refractivity contribution in [1.82, 2.24) is 4.98 Å². The molecular formula is C13H20N4O2S. The molecular weight excluding hydrogens is 276 g/mol. The number of nitrogens with one attached hydrogen (secondary N) is 2. The Labute approximate surface area is 122 Å². The maximum absolute atomic E-state index is 11.1. The van der Waals surface area contributed by atoms with E-state index in [4.69, 9.17) is 0 Å². The second-order valence-corrected chi connectivity index (χ2v) is 6.29. The van der Waals surface area contributed by atoms with Crippen molar-refractivity contribution in [2.24, 2.45) is 0 Å². The number of pyridine rings is 1. The lowest BCUT2D eigenvalue weighted by Crippen LogP contribution is -2.30. The van der Waals surface area contributed by atoms with Gasteiger partial charge in [-0.05, 0) is 25.2 Å². The molecule has 0 radical (unpaired) electrons. The van der Waals surface area contributed by atoms with Crippen molar-refractivity contribution >= 4 is 29.1 Å². The molecule has 1 fully saturated rings. The Balaban J connectivity index is 2.16. The number of nitrogens with zero attached hydrogens (tertiary/aromatic N) is 2. The SMILES string of the molecule is CNc1ccc([N+](=O)[O-])c(NCC2(SC)CCCC2)n1. The zero-order valence-electron chi connectivity index (χ0n) is 11.8. The monoisotopic (exact) mass is 296 g/mol. The van der Waals surface area contributed by atoms with Crippen LogP contribution < -0.4 is 10.6 Å². The highest BCUT2D eigenvalue weighted by molar-refractivity contribution is 8.00. The van der Waals surface area contributed by atoms with E-state index in [9.17, 15) is 10.1 Å². The molecule has 7 heteroatoms. The fourth-order valence-electron chi connectivity index (χ4n) is 2.59. The summed E-state index contributed by atoms with van der Waals surface area (Å²) in [6.45, 7) is 0.717. The second-order valence-electron chi connectivity index (χ2n) is 5.02. The Bertz CT molecular complexity index is 489. The first-order valence-electron chi connectivity index (χ1n) is 6.72. The number of rotatable bonds is 6. The summed E-state index contributed by atoms with van der Waals surface area (Å²) < 4.78 is 0.186. The van der Waals surface area contributed by atoms with E-state index in [1.54, 1.807) is 13.1 Å². The lowest BCUT2D eigenvalue weighted by atomic mass is 10.1. The van der Waals surface area contributed by atoms with Crippen molar-refractivity contribution in [1.29, 1.82) is 0 Å². The smallest absolute Gasteiger partial charge is 0.311 e. The van der Waals surface area contributed by atoms with E-state index in [-0.39, 0.29) is 10.4 Å². The molecule has 0 aliphatic heterocycles. The largest absolute Gasteiger partial charge is 0.373 e. The molecule has 0 saturated heterocycles. The number of anilines is 2. The highest BCUT2D eigenvalue weighted by atomic mass is 32.2. The van der Waals surface area contributed by atoms with Gasteiger partial charge in [-0.2, -0.15) is 11.8 Å². The highest BCUT2D eigenvalue weighted by Gasteiger charge is 2.33. The Hall–Kier alpha value is -1.50. The molecule has 1 aliphatic carbocycles. The number of hydrogen-bond donors (Lipinski definition) is 2. The third kappa shape index (κ3) is 3.15. The fourth-order valence-corrected chi connectivity index (χ4v) is 3.50. The van der Waals surface area contributed by atoms with Crippen LogP contribution in [0.5, 0.6) is 0 Å². The minimum absolute atomic E-state index is 0.0262. The molecule has 1 aliphatic rings. The number of aromatic nitrogens is 1. The van der Waals surface area contributed by atoms with Crippen molar-refractivity contribution in [3.05, 3.63) is 22.2 Å². The van der Waals surface area contributed by atoms with Crippen LogP contribution in [0.3, 0.4) is 0 Å². The molecule has 1 heterocycles. The molecule has 0 unspecified atom stereocenters. The molecule has 2 N–H and O–H groups in total.